The number of fused-ring (bicyclic) bond motifs is 1. The van der Waals surface area contributed by atoms with Crippen molar-refractivity contribution in [2.45, 2.75) is 44.7 Å². The normalized spacial score (nSPS) is 18.3. The zero-order valence-electron chi connectivity index (χ0n) is 13.9. The topological polar surface area (TPSA) is 45.2 Å². The van der Waals surface area contributed by atoms with Gasteiger partial charge < -0.3 is 5.32 Å². The molecule has 0 radical (unpaired) electrons. The third kappa shape index (κ3) is 3.20. The molecule has 1 saturated carbocycles. The van der Waals surface area contributed by atoms with Crippen molar-refractivity contribution < 1.29 is 4.79 Å². The van der Waals surface area contributed by atoms with Crippen molar-refractivity contribution >= 4 is 11.6 Å². The number of hydrogen-bond acceptors (Lipinski definition) is 3. The van der Waals surface area contributed by atoms with Crippen molar-refractivity contribution in [2.75, 3.05) is 11.9 Å². The minimum atomic E-state index is -0.0826. The molecule has 1 aliphatic heterocycles. The summed E-state index contributed by atoms with van der Waals surface area (Å²) in [4.78, 5) is 18.9. The molecule has 0 spiro atoms. The van der Waals surface area contributed by atoms with E-state index in [1.165, 1.54) is 43.4 Å². The van der Waals surface area contributed by atoms with Gasteiger partial charge in [0, 0.05) is 42.8 Å². The van der Waals surface area contributed by atoms with Gasteiger partial charge in [0.2, 0.25) is 0 Å². The number of nitrogens with one attached hydrogen (secondary N) is 1. The summed E-state index contributed by atoms with van der Waals surface area (Å²) in [5.74, 6) is -0.0826. The number of nitrogens with zero attached hydrogens (tertiary/aromatic N) is 2. The first-order chi connectivity index (χ1) is 11.8. The van der Waals surface area contributed by atoms with Crippen LogP contribution in [0.2, 0.25) is 0 Å². The van der Waals surface area contributed by atoms with Gasteiger partial charge in [0.05, 0.1) is 0 Å². The second kappa shape index (κ2) is 6.73. The molecule has 0 bridgehead atoms. The average Bonchev–Trinajstić information content (AvgIpc) is 3.16. The predicted molar refractivity (Wildman–Crippen MR) is 95.0 cm³/mol. The molecule has 4 heteroatoms. The van der Waals surface area contributed by atoms with Crippen LogP contribution in [0.15, 0.2) is 42.7 Å². The molecule has 1 aromatic carbocycles. The second-order valence-electron chi connectivity index (χ2n) is 6.83. The fraction of sp³-hybridized carbons (Fsp3) is 0.400. The highest BCUT2D eigenvalue weighted by Crippen LogP contribution is 2.29. The number of anilines is 1. The Balaban J connectivity index is 1.48. The molecule has 1 amide bonds. The summed E-state index contributed by atoms with van der Waals surface area (Å²) in [5.41, 5.74) is 4.30. The van der Waals surface area contributed by atoms with Crippen LogP contribution in [0.5, 0.6) is 0 Å². The highest BCUT2D eigenvalue weighted by molar-refractivity contribution is 6.04. The van der Waals surface area contributed by atoms with E-state index < -0.39 is 0 Å². The fourth-order valence-corrected chi connectivity index (χ4v) is 3.94. The summed E-state index contributed by atoms with van der Waals surface area (Å²) in [6.07, 6.45) is 9.82. The largest absolute Gasteiger partial charge is 0.322 e. The van der Waals surface area contributed by atoms with E-state index in [4.69, 9.17) is 0 Å². The Kier molecular flexibility index (Phi) is 4.30. The Morgan fingerprint density at radius 3 is 2.67 bits per heavy atom. The number of carbonyl (C=O) groups is 1. The molecule has 1 aliphatic carbocycles. The van der Waals surface area contributed by atoms with E-state index in [1.807, 2.05) is 6.07 Å². The maximum absolute atomic E-state index is 12.3. The first-order valence-electron chi connectivity index (χ1n) is 8.87. The second-order valence-corrected chi connectivity index (χ2v) is 6.83. The average molecular weight is 321 g/mol. The zero-order chi connectivity index (χ0) is 16.4. The highest BCUT2D eigenvalue weighted by Gasteiger charge is 2.26. The van der Waals surface area contributed by atoms with Gasteiger partial charge in [-0.2, -0.15) is 0 Å². The Morgan fingerprint density at radius 2 is 1.88 bits per heavy atom. The number of pyridine rings is 1. The molecule has 2 aliphatic rings. The Bertz CT molecular complexity index is 723. The van der Waals surface area contributed by atoms with Gasteiger partial charge in [0.25, 0.3) is 5.91 Å². The van der Waals surface area contributed by atoms with Crippen molar-refractivity contribution in [2.24, 2.45) is 0 Å². The maximum atomic E-state index is 12.3. The maximum Gasteiger partial charge on any atom is 0.255 e. The molecule has 124 valence electrons. The molecule has 1 N–H and O–H groups in total. The Labute approximate surface area is 142 Å². The van der Waals surface area contributed by atoms with Gasteiger partial charge >= 0.3 is 0 Å². The molecule has 0 atom stereocenters. The van der Waals surface area contributed by atoms with Gasteiger partial charge in [-0.05, 0) is 54.7 Å². The third-order valence-corrected chi connectivity index (χ3v) is 5.29. The number of aromatic nitrogens is 1. The van der Waals surface area contributed by atoms with Crippen LogP contribution in [0.25, 0.3) is 0 Å². The van der Waals surface area contributed by atoms with Crippen molar-refractivity contribution in [3.8, 4) is 0 Å². The molecule has 4 rings (SSSR count). The Morgan fingerprint density at radius 1 is 1.08 bits per heavy atom. The first-order valence-corrected chi connectivity index (χ1v) is 8.87. The molecule has 2 aromatic rings. The van der Waals surface area contributed by atoms with Gasteiger partial charge in [-0.1, -0.05) is 18.9 Å². The summed E-state index contributed by atoms with van der Waals surface area (Å²) >= 11 is 0. The molecule has 1 aromatic heterocycles. The summed E-state index contributed by atoms with van der Waals surface area (Å²) in [7, 11) is 0. The summed E-state index contributed by atoms with van der Waals surface area (Å²) in [6.45, 7) is 2.18. The molecule has 24 heavy (non-hydrogen) atoms. The molecule has 4 nitrogen and oxygen atoms in total. The fourth-order valence-electron chi connectivity index (χ4n) is 3.94. The lowest BCUT2D eigenvalue weighted by Crippen LogP contribution is -2.37. The minimum absolute atomic E-state index is 0.0826. The highest BCUT2D eigenvalue weighted by atomic mass is 16.1. The van der Waals surface area contributed by atoms with Crippen LogP contribution in [-0.4, -0.2) is 28.4 Å². The van der Waals surface area contributed by atoms with Crippen LogP contribution in [-0.2, 0) is 13.0 Å². The van der Waals surface area contributed by atoms with Gasteiger partial charge in [0.15, 0.2) is 0 Å². The Hall–Kier alpha value is -2.20. The van der Waals surface area contributed by atoms with Crippen molar-refractivity contribution in [1.29, 1.82) is 0 Å². The molecular formula is C20H23N3O. The van der Waals surface area contributed by atoms with Crippen LogP contribution in [0.3, 0.4) is 0 Å². The van der Waals surface area contributed by atoms with E-state index >= 15 is 0 Å². The number of carbonyl (C=O) groups excluding carboxylic acids is 1. The minimum Gasteiger partial charge on any atom is -0.322 e. The van der Waals surface area contributed by atoms with Crippen LogP contribution < -0.4 is 5.32 Å². The number of amides is 1. The van der Waals surface area contributed by atoms with Crippen molar-refractivity contribution in [1.82, 2.24) is 9.88 Å². The molecule has 0 saturated heterocycles. The van der Waals surface area contributed by atoms with Crippen LogP contribution >= 0.6 is 0 Å². The quantitative estimate of drug-likeness (QED) is 0.939. The van der Waals surface area contributed by atoms with E-state index in [2.05, 4.69) is 27.3 Å². The summed E-state index contributed by atoms with van der Waals surface area (Å²) < 4.78 is 0. The van der Waals surface area contributed by atoms with Gasteiger partial charge in [-0.25, -0.2) is 0 Å². The first kappa shape index (κ1) is 15.3. The lowest BCUT2D eigenvalue weighted by Gasteiger charge is -2.33. The smallest absolute Gasteiger partial charge is 0.255 e. The summed E-state index contributed by atoms with van der Waals surface area (Å²) in [6, 6.07) is 10.6. The summed E-state index contributed by atoms with van der Waals surface area (Å²) in [5, 5.41) is 3.01. The molecular weight excluding hydrogens is 298 g/mol. The van der Waals surface area contributed by atoms with E-state index in [0.29, 0.717) is 5.56 Å². The SMILES string of the molecule is O=C(Nc1ccc2c(c1)CN(C1CCCC1)CC2)c1ccncc1. The number of benzene rings is 1. The third-order valence-electron chi connectivity index (χ3n) is 5.29. The van der Waals surface area contributed by atoms with Gasteiger partial charge in [-0.3, -0.25) is 14.7 Å². The van der Waals surface area contributed by atoms with Gasteiger partial charge in [-0.15, -0.1) is 0 Å². The molecule has 0 unspecified atom stereocenters. The van der Waals surface area contributed by atoms with E-state index in [1.54, 1.807) is 24.5 Å². The predicted octanol–water partition coefficient (Wildman–Crippen LogP) is 3.63. The number of hydrogen-bond donors (Lipinski definition) is 1. The van der Waals surface area contributed by atoms with E-state index in [-0.39, 0.29) is 5.91 Å². The van der Waals surface area contributed by atoms with Crippen LogP contribution in [0.1, 0.15) is 47.2 Å². The van der Waals surface area contributed by atoms with E-state index in [9.17, 15) is 4.79 Å². The van der Waals surface area contributed by atoms with Gasteiger partial charge in [0.1, 0.15) is 0 Å². The molecule has 1 fully saturated rings. The van der Waals surface area contributed by atoms with Crippen molar-refractivity contribution in [3.63, 3.8) is 0 Å². The van der Waals surface area contributed by atoms with Crippen LogP contribution in [0, 0.1) is 0 Å². The zero-order valence-corrected chi connectivity index (χ0v) is 13.9. The monoisotopic (exact) mass is 321 g/mol. The number of rotatable bonds is 3. The van der Waals surface area contributed by atoms with Crippen LogP contribution in [0.4, 0.5) is 5.69 Å². The van der Waals surface area contributed by atoms with Crippen molar-refractivity contribution in [3.05, 3.63) is 59.4 Å². The molecule has 2 heterocycles. The lowest BCUT2D eigenvalue weighted by molar-refractivity contribution is 0.102. The standard InChI is InChI=1S/C20H23N3O/c24-20(16-7-10-21-11-8-16)22-18-6-5-15-9-12-23(14-17(15)13-18)19-3-1-2-4-19/h5-8,10-11,13,19H,1-4,9,12,14H2,(H,22,24). The lowest BCUT2D eigenvalue weighted by atomic mass is 9.97. The van der Waals surface area contributed by atoms with E-state index in [0.717, 1.165) is 24.7 Å².